The Morgan fingerprint density at radius 2 is 1.89 bits per heavy atom. The number of hydrogen-bond donors (Lipinski definition) is 0. The standard InChI is InChI=1S/C22H14ClF6N5O2/c1-11(21(24,25)26)36-16-4-2-12(6-30)19(23)18(16)20(35)33-8-13-9-34(32-15(13)10-33)17-5-3-14(7-31-17)22(27,28)29/h2-5,7,9,11H,8,10H2,1H3. The number of halogens is 7. The fourth-order valence-electron chi connectivity index (χ4n) is 3.46. The van der Waals surface area contributed by atoms with Crippen LogP contribution >= 0.6 is 11.6 Å². The van der Waals surface area contributed by atoms with Crippen LogP contribution in [0, 0.1) is 11.3 Å². The van der Waals surface area contributed by atoms with Crippen LogP contribution in [0.3, 0.4) is 0 Å². The van der Waals surface area contributed by atoms with Crippen molar-refractivity contribution in [3.05, 3.63) is 69.6 Å². The number of nitriles is 1. The number of aromatic nitrogens is 3. The van der Waals surface area contributed by atoms with Gasteiger partial charge in [-0.2, -0.15) is 36.7 Å². The maximum Gasteiger partial charge on any atom is 0.425 e. The van der Waals surface area contributed by atoms with Gasteiger partial charge in [0.15, 0.2) is 11.9 Å². The molecule has 0 N–H and O–H groups in total. The number of pyridine rings is 1. The molecule has 1 amide bonds. The van der Waals surface area contributed by atoms with Gasteiger partial charge in [0.1, 0.15) is 17.4 Å². The number of carbonyl (C=O) groups is 1. The Morgan fingerprint density at radius 3 is 2.44 bits per heavy atom. The van der Waals surface area contributed by atoms with Crippen molar-refractivity contribution in [1.29, 1.82) is 5.26 Å². The normalized spacial score (nSPS) is 14.4. The van der Waals surface area contributed by atoms with Crippen LogP contribution in [0.15, 0.2) is 36.7 Å². The van der Waals surface area contributed by atoms with Crippen LogP contribution in [0.1, 0.15) is 39.7 Å². The molecule has 1 aromatic carbocycles. The van der Waals surface area contributed by atoms with E-state index in [4.69, 9.17) is 16.3 Å². The highest BCUT2D eigenvalue weighted by Crippen LogP contribution is 2.36. The number of benzene rings is 1. The highest BCUT2D eigenvalue weighted by Gasteiger charge is 2.40. The topological polar surface area (TPSA) is 84.0 Å². The Balaban J connectivity index is 1.58. The molecule has 3 aromatic rings. The second kappa shape index (κ2) is 9.02. The van der Waals surface area contributed by atoms with Crippen LogP contribution in [0.5, 0.6) is 5.75 Å². The van der Waals surface area contributed by atoms with E-state index in [0.29, 0.717) is 17.5 Å². The molecule has 188 valence electrons. The van der Waals surface area contributed by atoms with E-state index in [-0.39, 0.29) is 29.5 Å². The molecule has 7 nitrogen and oxygen atoms in total. The lowest BCUT2D eigenvalue weighted by Crippen LogP contribution is -2.33. The number of rotatable bonds is 4. The Kier molecular flexibility index (Phi) is 6.34. The number of hydrogen-bond acceptors (Lipinski definition) is 5. The summed E-state index contributed by atoms with van der Waals surface area (Å²) >= 11 is 6.18. The molecule has 1 aliphatic heterocycles. The van der Waals surface area contributed by atoms with Crippen LogP contribution in [0.4, 0.5) is 26.3 Å². The molecule has 0 aliphatic carbocycles. The van der Waals surface area contributed by atoms with Gasteiger partial charge in [-0.05, 0) is 31.2 Å². The maximum atomic E-state index is 13.3. The monoisotopic (exact) mass is 529 g/mol. The molecule has 14 heteroatoms. The largest absolute Gasteiger partial charge is 0.480 e. The first-order valence-corrected chi connectivity index (χ1v) is 10.5. The third-order valence-corrected chi connectivity index (χ3v) is 5.77. The Hall–Kier alpha value is -3.79. The highest BCUT2D eigenvalue weighted by atomic mass is 35.5. The van der Waals surface area contributed by atoms with Gasteiger partial charge in [-0.1, -0.05) is 11.6 Å². The lowest BCUT2D eigenvalue weighted by atomic mass is 10.1. The van der Waals surface area contributed by atoms with E-state index in [1.807, 2.05) is 0 Å². The second-order valence-corrected chi connectivity index (χ2v) is 8.20. The van der Waals surface area contributed by atoms with Crippen molar-refractivity contribution < 1.29 is 35.9 Å². The number of carbonyl (C=O) groups excluding carboxylic acids is 1. The number of nitrogens with zero attached hydrogens (tertiary/aromatic N) is 5. The lowest BCUT2D eigenvalue weighted by molar-refractivity contribution is -0.189. The van der Waals surface area contributed by atoms with Crippen molar-refractivity contribution in [3.63, 3.8) is 0 Å². The molecule has 4 rings (SSSR count). The summed E-state index contributed by atoms with van der Waals surface area (Å²) in [6, 6.07) is 6.00. The first kappa shape index (κ1) is 25.3. The van der Waals surface area contributed by atoms with Gasteiger partial charge >= 0.3 is 12.4 Å². The van der Waals surface area contributed by atoms with Crippen molar-refractivity contribution in [2.75, 3.05) is 0 Å². The van der Waals surface area contributed by atoms with E-state index in [0.717, 1.165) is 31.2 Å². The third kappa shape index (κ3) is 4.81. The summed E-state index contributed by atoms with van der Waals surface area (Å²) in [5.74, 6) is -1.09. The summed E-state index contributed by atoms with van der Waals surface area (Å²) in [5, 5.41) is 13.1. The zero-order valence-electron chi connectivity index (χ0n) is 18.2. The van der Waals surface area contributed by atoms with Crippen molar-refractivity contribution in [1.82, 2.24) is 19.7 Å². The molecule has 0 spiro atoms. The van der Waals surface area contributed by atoms with Crippen LogP contribution in [0.25, 0.3) is 5.82 Å². The molecule has 1 unspecified atom stereocenters. The van der Waals surface area contributed by atoms with Gasteiger partial charge in [0.2, 0.25) is 0 Å². The zero-order chi connectivity index (χ0) is 26.4. The lowest BCUT2D eigenvalue weighted by Gasteiger charge is -2.23. The number of fused-ring (bicyclic) bond motifs is 1. The van der Waals surface area contributed by atoms with Gasteiger partial charge in [0, 0.05) is 24.5 Å². The molecule has 36 heavy (non-hydrogen) atoms. The molecule has 0 bridgehead atoms. The summed E-state index contributed by atoms with van der Waals surface area (Å²) in [7, 11) is 0. The average molecular weight is 530 g/mol. The minimum absolute atomic E-state index is 0.0177. The van der Waals surface area contributed by atoms with Crippen LogP contribution in [0.2, 0.25) is 5.02 Å². The van der Waals surface area contributed by atoms with E-state index in [2.05, 4.69) is 10.1 Å². The van der Waals surface area contributed by atoms with Crippen molar-refractivity contribution in [3.8, 4) is 17.6 Å². The van der Waals surface area contributed by atoms with Gasteiger partial charge in [-0.15, -0.1) is 0 Å². The van der Waals surface area contributed by atoms with Crippen LogP contribution < -0.4 is 4.74 Å². The Morgan fingerprint density at radius 1 is 1.17 bits per heavy atom. The summed E-state index contributed by atoms with van der Waals surface area (Å²) < 4.78 is 83.6. The quantitative estimate of drug-likeness (QED) is 0.428. The SMILES string of the molecule is CC(Oc1ccc(C#N)c(Cl)c1C(=O)N1Cc2cn(-c3ccc(C(F)(F)F)cn3)nc2C1)C(F)(F)F. The molecular formula is C22H14ClF6N5O2. The minimum Gasteiger partial charge on any atom is -0.480 e. The van der Waals surface area contributed by atoms with E-state index >= 15 is 0 Å². The van der Waals surface area contributed by atoms with E-state index in [1.54, 1.807) is 6.07 Å². The van der Waals surface area contributed by atoms with Gasteiger partial charge in [-0.3, -0.25) is 4.79 Å². The van der Waals surface area contributed by atoms with Crippen molar-refractivity contribution in [2.24, 2.45) is 0 Å². The smallest absolute Gasteiger partial charge is 0.425 e. The molecule has 1 aliphatic rings. The summed E-state index contributed by atoms with van der Waals surface area (Å²) in [6.45, 7) is 0.684. The second-order valence-electron chi connectivity index (χ2n) is 7.82. The average Bonchev–Trinajstić information content (AvgIpc) is 3.37. The number of ether oxygens (including phenoxy) is 1. The highest BCUT2D eigenvalue weighted by molar-refractivity contribution is 6.35. The fourth-order valence-corrected chi connectivity index (χ4v) is 3.74. The zero-order valence-corrected chi connectivity index (χ0v) is 18.9. The summed E-state index contributed by atoms with van der Waals surface area (Å²) in [6.07, 6.45) is -9.34. The molecule has 2 aromatic heterocycles. The third-order valence-electron chi connectivity index (χ3n) is 5.38. The van der Waals surface area contributed by atoms with Gasteiger partial charge < -0.3 is 9.64 Å². The predicted molar refractivity (Wildman–Crippen MR) is 112 cm³/mol. The van der Waals surface area contributed by atoms with E-state index in [9.17, 15) is 36.4 Å². The molecule has 0 radical (unpaired) electrons. The van der Waals surface area contributed by atoms with Crippen molar-refractivity contribution in [2.45, 2.75) is 38.5 Å². The van der Waals surface area contributed by atoms with Crippen LogP contribution in [-0.4, -0.2) is 37.9 Å². The Labute approximate surface area is 204 Å². The van der Waals surface area contributed by atoms with E-state index in [1.165, 1.54) is 15.8 Å². The Bertz CT molecular complexity index is 1340. The molecule has 0 saturated heterocycles. The number of amides is 1. The predicted octanol–water partition coefficient (Wildman–Crippen LogP) is 5.30. The number of alkyl halides is 6. The maximum absolute atomic E-state index is 13.3. The molecule has 0 fully saturated rings. The molecule has 1 atom stereocenters. The van der Waals surface area contributed by atoms with Gasteiger partial charge in [0.25, 0.3) is 5.91 Å². The molecular weight excluding hydrogens is 516 g/mol. The first-order valence-electron chi connectivity index (χ1n) is 10.2. The van der Waals surface area contributed by atoms with Gasteiger partial charge in [-0.25, -0.2) is 9.67 Å². The first-order chi connectivity index (χ1) is 16.8. The van der Waals surface area contributed by atoms with Crippen LogP contribution in [-0.2, 0) is 19.3 Å². The van der Waals surface area contributed by atoms with Crippen molar-refractivity contribution >= 4 is 17.5 Å². The molecule has 3 heterocycles. The summed E-state index contributed by atoms with van der Waals surface area (Å²) in [5.41, 5.74) is -0.485. The van der Waals surface area contributed by atoms with E-state index < -0.39 is 41.2 Å². The fraction of sp³-hybridized carbons (Fsp3) is 0.273. The summed E-state index contributed by atoms with van der Waals surface area (Å²) in [4.78, 5) is 18.3. The van der Waals surface area contributed by atoms with Gasteiger partial charge in [0.05, 0.1) is 28.4 Å². The minimum atomic E-state index is -4.71. The molecule has 0 saturated carbocycles.